The average Bonchev–Trinajstić information content (AvgIpc) is 2.52. The number of carbonyl (C=O) groups is 1. The summed E-state index contributed by atoms with van der Waals surface area (Å²) in [6.07, 6.45) is 3.03. The van der Waals surface area contributed by atoms with Gasteiger partial charge in [-0.15, -0.1) is 0 Å². The maximum atomic E-state index is 11.7. The van der Waals surface area contributed by atoms with Gasteiger partial charge >= 0.3 is 5.97 Å². The number of halogens is 1. The van der Waals surface area contributed by atoms with Crippen LogP contribution in [0.2, 0.25) is 0 Å². The van der Waals surface area contributed by atoms with Crippen molar-refractivity contribution < 1.29 is 14.3 Å². The molecule has 0 atom stereocenters. The molecule has 0 N–H and O–H groups in total. The second kappa shape index (κ2) is 7.41. The van der Waals surface area contributed by atoms with Crippen molar-refractivity contribution >= 4 is 21.9 Å². The van der Waals surface area contributed by atoms with Crippen LogP contribution in [0.3, 0.4) is 0 Å². The predicted molar refractivity (Wildman–Crippen MR) is 78.9 cm³/mol. The molecular formula is C15H11BrN2O3. The molecule has 5 nitrogen and oxygen atoms in total. The third kappa shape index (κ3) is 4.58. The molecule has 0 spiro atoms. The normalized spacial score (nSPS) is 9.71. The summed E-state index contributed by atoms with van der Waals surface area (Å²) in [6.45, 7) is 0.365. The lowest BCUT2D eigenvalue weighted by molar-refractivity contribution is 0.0450. The first-order chi connectivity index (χ1) is 10.2. The lowest BCUT2D eigenvalue weighted by Gasteiger charge is -2.07. The Morgan fingerprint density at radius 2 is 2.00 bits per heavy atom. The topological polar surface area (TPSA) is 72.2 Å². The zero-order valence-electron chi connectivity index (χ0n) is 11.0. The quantitative estimate of drug-likeness (QED) is 0.614. The largest absolute Gasteiger partial charge is 0.490 e. The average molecular weight is 347 g/mol. The van der Waals surface area contributed by atoms with Crippen molar-refractivity contribution in [3.63, 3.8) is 0 Å². The van der Waals surface area contributed by atoms with E-state index in [2.05, 4.69) is 20.9 Å². The van der Waals surface area contributed by atoms with Gasteiger partial charge in [0.1, 0.15) is 19.0 Å². The molecule has 1 aromatic carbocycles. The Bertz CT molecular complexity index is 665. The molecule has 0 unspecified atom stereocenters. The van der Waals surface area contributed by atoms with E-state index in [0.717, 1.165) is 0 Å². The molecule has 2 aromatic rings. The number of hydrogen-bond donors (Lipinski definition) is 0. The first-order valence-corrected chi connectivity index (χ1v) is 6.89. The summed E-state index contributed by atoms with van der Waals surface area (Å²) in [5.74, 6) is 0.168. The molecule has 1 aromatic heterocycles. The minimum Gasteiger partial charge on any atom is -0.490 e. The van der Waals surface area contributed by atoms with Gasteiger partial charge in [-0.1, -0.05) is 0 Å². The SMILES string of the molecule is N#Cc1ccc(OCCOC(=O)c2cncc(Br)c2)cc1. The van der Waals surface area contributed by atoms with Crippen LogP contribution < -0.4 is 4.74 Å². The molecule has 0 aliphatic rings. The van der Waals surface area contributed by atoms with Crippen LogP contribution in [-0.2, 0) is 4.74 Å². The number of nitriles is 1. The molecule has 0 aliphatic heterocycles. The lowest BCUT2D eigenvalue weighted by atomic mass is 10.2. The highest BCUT2D eigenvalue weighted by molar-refractivity contribution is 9.10. The number of pyridine rings is 1. The number of esters is 1. The Morgan fingerprint density at radius 3 is 2.67 bits per heavy atom. The maximum Gasteiger partial charge on any atom is 0.339 e. The van der Waals surface area contributed by atoms with Crippen molar-refractivity contribution in [2.75, 3.05) is 13.2 Å². The van der Waals surface area contributed by atoms with E-state index in [9.17, 15) is 4.79 Å². The minimum atomic E-state index is -0.452. The third-order valence-corrected chi connectivity index (χ3v) is 2.94. The van der Waals surface area contributed by atoms with E-state index in [1.807, 2.05) is 6.07 Å². The van der Waals surface area contributed by atoms with Crippen LogP contribution in [0.25, 0.3) is 0 Å². The van der Waals surface area contributed by atoms with Crippen LogP contribution in [0.5, 0.6) is 5.75 Å². The van der Waals surface area contributed by atoms with Crippen molar-refractivity contribution in [1.82, 2.24) is 4.98 Å². The number of nitrogens with zero attached hydrogens (tertiary/aromatic N) is 2. The monoisotopic (exact) mass is 346 g/mol. The molecule has 0 saturated heterocycles. The van der Waals surface area contributed by atoms with Gasteiger partial charge in [0.2, 0.25) is 0 Å². The Labute approximate surface area is 130 Å². The van der Waals surface area contributed by atoms with Gasteiger partial charge in [0, 0.05) is 16.9 Å². The van der Waals surface area contributed by atoms with Crippen LogP contribution in [0.15, 0.2) is 47.2 Å². The van der Waals surface area contributed by atoms with Gasteiger partial charge in [-0.3, -0.25) is 4.98 Å². The third-order valence-electron chi connectivity index (χ3n) is 2.51. The Hall–Kier alpha value is -2.39. The van der Waals surface area contributed by atoms with Crippen LogP contribution in [-0.4, -0.2) is 24.2 Å². The molecule has 0 radical (unpaired) electrons. The van der Waals surface area contributed by atoms with E-state index in [-0.39, 0.29) is 13.2 Å². The number of ether oxygens (including phenoxy) is 2. The zero-order chi connectivity index (χ0) is 15.1. The van der Waals surface area contributed by atoms with Crippen molar-refractivity contribution in [3.8, 4) is 11.8 Å². The smallest absolute Gasteiger partial charge is 0.339 e. The molecule has 6 heteroatoms. The highest BCUT2D eigenvalue weighted by atomic mass is 79.9. The highest BCUT2D eigenvalue weighted by Gasteiger charge is 2.07. The predicted octanol–water partition coefficient (Wildman–Crippen LogP) is 2.95. The number of aromatic nitrogens is 1. The van der Waals surface area contributed by atoms with Crippen molar-refractivity contribution in [2.45, 2.75) is 0 Å². The van der Waals surface area contributed by atoms with Gasteiger partial charge in [0.05, 0.1) is 17.2 Å². The second-order valence-electron chi connectivity index (χ2n) is 4.01. The Balaban J connectivity index is 1.76. The van der Waals surface area contributed by atoms with Crippen LogP contribution in [0.1, 0.15) is 15.9 Å². The molecule has 0 saturated carbocycles. The van der Waals surface area contributed by atoms with Crippen molar-refractivity contribution in [1.29, 1.82) is 5.26 Å². The van der Waals surface area contributed by atoms with Gasteiger partial charge < -0.3 is 9.47 Å². The molecular weight excluding hydrogens is 336 g/mol. The Kier molecular flexibility index (Phi) is 5.29. The van der Waals surface area contributed by atoms with Gasteiger partial charge in [0.15, 0.2) is 0 Å². The van der Waals surface area contributed by atoms with E-state index in [1.54, 1.807) is 36.5 Å². The van der Waals surface area contributed by atoms with Crippen LogP contribution >= 0.6 is 15.9 Å². The number of carbonyl (C=O) groups excluding carboxylic acids is 1. The summed E-state index contributed by atoms with van der Waals surface area (Å²) >= 11 is 3.24. The van der Waals surface area contributed by atoms with Crippen LogP contribution in [0, 0.1) is 11.3 Å². The summed E-state index contributed by atoms with van der Waals surface area (Å²) < 4.78 is 11.2. The first-order valence-electron chi connectivity index (χ1n) is 6.09. The number of rotatable bonds is 5. The molecule has 21 heavy (non-hydrogen) atoms. The van der Waals surface area contributed by atoms with Crippen molar-refractivity contribution in [2.24, 2.45) is 0 Å². The molecule has 0 aliphatic carbocycles. The lowest BCUT2D eigenvalue weighted by Crippen LogP contribution is -2.12. The minimum absolute atomic E-state index is 0.130. The van der Waals surface area contributed by atoms with E-state index in [4.69, 9.17) is 14.7 Å². The fourth-order valence-electron chi connectivity index (χ4n) is 1.53. The summed E-state index contributed by atoms with van der Waals surface area (Å²) in [5.41, 5.74) is 0.943. The van der Waals surface area contributed by atoms with E-state index >= 15 is 0 Å². The van der Waals surface area contributed by atoms with Crippen molar-refractivity contribution in [3.05, 3.63) is 58.3 Å². The summed E-state index contributed by atoms with van der Waals surface area (Å²) in [6, 6.07) is 10.4. The second-order valence-corrected chi connectivity index (χ2v) is 4.93. The molecule has 2 rings (SSSR count). The standard InChI is InChI=1S/C15H11BrN2O3/c16-13-7-12(9-18-10-13)15(19)21-6-5-20-14-3-1-11(8-17)2-4-14/h1-4,7,9-10H,5-6H2. The summed E-state index contributed by atoms with van der Waals surface area (Å²) in [4.78, 5) is 15.6. The van der Waals surface area contributed by atoms with Gasteiger partial charge in [-0.25, -0.2) is 4.79 Å². The molecule has 0 fully saturated rings. The summed E-state index contributed by atoms with van der Waals surface area (Å²) in [5, 5.41) is 8.67. The maximum absolute atomic E-state index is 11.7. The highest BCUT2D eigenvalue weighted by Crippen LogP contribution is 2.12. The van der Waals surface area contributed by atoms with Gasteiger partial charge in [-0.2, -0.15) is 5.26 Å². The number of hydrogen-bond acceptors (Lipinski definition) is 5. The number of benzene rings is 1. The van der Waals surface area contributed by atoms with Crippen LogP contribution in [0.4, 0.5) is 0 Å². The van der Waals surface area contributed by atoms with E-state index in [1.165, 1.54) is 6.20 Å². The zero-order valence-corrected chi connectivity index (χ0v) is 12.5. The molecule has 106 valence electrons. The molecule has 1 heterocycles. The van der Waals surface area contributed by atoms with Gasteiger partial charge in [0.25, 0.3) is 0 Å². The van der Waals surface area contributed by atoms with E-state index in [0.29, 0.717) is 21.3 Å². The first kappa shape index (κ1) is 15.0. The fourth-order valence-corrected chi connectivity index (χ4v) is 1.89. The van der Waals surface area contributed by atoms with E-state index < -0.39 is 5.97 Å². The molecule has 0 bridgehead atoms. The summed E-state index contributed by atoms with van der Waals surface area (Å²) in [7, 11) is 0. The molecule has 0 amide bonds. The van der Waals surface area contributed by atoms with Gasteiger partial charge in [-0.05, 0) is 46.3 Å². The fraction of sp³-hybridized carbons (Fsp3) is 0.133. The Morgan fingerprint density at radius 1 is 1.24 bits per heavy atom.